The van der Waals surface area contributed by atoms with Crippen molar-refractivity contribution >= 4 is 17.8 Å². The fourth-order valence-electron chi connectivity index (χ4n) is 2.18. The van der Waals surface area contributed by atoms with Crippen LogP contribution in [0.15, 0.2) is 0 Å². The highest BCUT2D eigenvalue weighted by atomic mass is 16.4. The van der Waals surface area contributed by atoms with Crippen molar-refractivity contribution < 1.29 is 19.5 Å². The number of carboxylic acid groups (broad SMARTS) is 1. The minimum atomic E-state index is -0.979. The second-order valence-electron chi connectivity index (χ2n) is 6.33. The molecule has 1 fully saturated rings. The number of rotatable bonds is 3. The van der Waals surface area contributed by atoms with E-state index >= 15 is 0 Å². The summed E-state index contributed by atoms with van der Waals surface area (Å²) in [7, 11) is 0. The second kappa shape index (κ2) is 6.24. The van der Waals surface area contributed by atoms with Crippen LogP contribution < -0.4 is 5.32 Å². The molecule has 6 heteroatoms. The van der Waals surface area contributed by atoms with Gasteiger partial charge in [-0.1, -0.05) is 20.8 Å². The lowest BCUT2D eigenvalue weighted by molar-refractivity contribution is -0.153. The number of nitrogens with one attached hydrogen (secondary N) is 1. The van der Waals surface area contributed by atoms with Crippen LogP contribution in [0, 0.1) is 5.41 Å². The molecule has 0 aliphatic carbocycles. The summed E-state index contributed by atoms with van der Waals surface area (Å²) in [6.45, 7) is 7.33. The van der Waals surface area contributed by atoms with Gasteiger partial charge in [-0.25, -0.2) is 4.79 Å². The third-order valence-electron chi connectivity index (χ3n) is 3.47. The topological polar surface area (TPSA) is 86.7 Å². The zero-order chi connectivity index (χ0) is 15.5. The highest BCUT2D eigenvalue weighted by Crippen LogP contribution is 2.19. The first kappa shape index (κ1) is 16.5. The average Bonchev–Trinajstić information content (AvgIpc) is 2.36. The van der Waals surface area contributed by atoms with Crippen molar-refractivity contribution in [1.29, 1.82) is 0 Å². The number of piperidine rings is 1. The Morgan fingerprint density at radius 2 is 1.85 bits per heavy atom. The SMILES string of the molecule is CC(NC(=O)C(C)(C)C)C(=O)N1CCCCC1C(=O)O. The Balaban J connectivity index is 2.72. The maximum atomic E-state index is 12.3. The maximum absolute atomic E-state index is 12.3. The van der Waals surface area contributed by atoms with Crippen LogP contribution in [-0.4, -0.2) is 46.4 Å². The minimum absolute atomic E-state index is 0.220. The Morgan fingerprint density at radius 1 is 1.25 bits per heavy atom. The van der Waals surface area contributed by atoms with Crippen LogP contribution in [0.25, 0.3) is 0 Å². The number of aliphatic carboxylic acids is 1. The van der Waals surface area contributed by atoms with Crippen molar-refractivity contribution in [1.82, 2.24) is 10.2 Å². The zero-order valence-electron chi connectivity index (χ0n) is 12.6. The molecule has 1 saturated heterocycles. The predicted molar refractivity (Wildman–Crippen MR) is 74.0 cm³/mol. The maximum Gasteiger partial charge on any atom is 0.326 e. The van der Waals surface area contributed by atoms with Crippen molar-refractivity contribution in [3.63, 3.8) is 0 Å². The van der Waals surface area contributed by atoms with Gasteiger partial charge in [-0.05, 0) is 26.2 Å². The van der Waals surface area contributed by atoms with Crippen LogP contribution in [0.3, 0.4) is 0 Å². The minimum Gasteiger partial charge on any atom is -0.480 e. The van der Waals surface area contributed by atoms with Gasteiger partial charge in [0, 0.05) is 12.0 Å². The van der Waals surface area contributed by atoms with Crippen molar-refractivity contribution in [2.45, 2.75) is 59.0 Å². The third kappa shape index (κ3) is 3.95. The number of amides is 2. The molecule has 2 N–H and O–H groups in total. The largest absolute Gasteiger partial charge is 0.480 e. The van der Waals surface area contributed by atoms with E-state index in [0.29, 0.717) is 13.0 Å². The number of nitrogens with zero attached hydrogens (tertiary/aromatic N) is 1. The number of carboxylic acids is 1. The van der Waals surface area contributed by atoms with Crippen molar-refractivity contribution in [3.8, 4) is 0 Å². The van der Waals surface area contributed by atoms with Crippen LogP contribution in [-0.2, 0) is 14.4 Å². The van der Waals surface area contributed by atoms with Gasteiger partial charge in [0.05, 0.1) is 0 Å². The van der Waals surface area contributed by atoms with Gasteiger partial charge in [0.25, 0.3) is 0 Å². The summed E-state index contributed by atoms with van der Waals surface area (Å²) < 4.78 is 0. The lowest BCUT2D eigenvalue weighted by Gasteiger charge is -2.35. The summed E-state index contributed by atoms with van der Waals surface area (Å²) >= 11 is 0. The summed E-state index contributed by atoms with van der Waals surface area (Å²) in [4.78, 5) is 36.8. The van der Waals surface area contributed by atoms with Gasteiger partial charge < -0.3 is 15.3 Å². The normalized spacial score (nSPS) is 21.2. The highest BCUT2D eigenvalue weighted by Gasteiger charge is 2.35. The molecule has 0 aromatic carbocycles. The molecule has 2 unspecified atom stereocenters. The van der Waals surface area contributed by atoms with Crippen LogP contribution in [0.1, 0.15) is 47.0 Å². The molecule has 1 aliphatic heterocycles. The number of carbonyl (C=O) groups excluding carboxylic acids is 2. The summed E-state index contributed by atoms with van der Waals surface area (Å²) in [6.07, 6.45) is 2.08. The molecule has 114 valence electrons. The standard InChI is InChI=1S/C14H24N2O4/c1-9(15-13(20)14(2,3)4)11(17)16-8-6-5-7-10(16)12(18)19/h9-10H,5-8H2,1-4H3,(H,15,20)(H,18,19). The van der Waals surface area contributed by atoms with Crippen molar-refractivity contribution in [3.05, 3.63) is 0 Å². The molecule has 1 aliphatic rings. The third-order valence-corrected chi connectivity index (χ3v) is 3.47. The molecule has 6 nitrogen and oxygen atoms in total. The molecule has 0 bridgehead atoms. The predicted octanol–water partition coefficient (Wildman–Crippen LogP) is 1.00. The molecule has 0 aromatic heterocycles. The second-order valence-corrected chi connectivity index (χ2v) is 6.33. The van der Waals surface area contributed by atoms with Crippen LogP contribution in [0.2, 0.25) is 0 Å². The van der Waals surface area contributed by atoms with Crippen LogP contribution in [0.5, 0.6) is 0 Å². The molecule has 2 atom stereocenters. The van der Waals surface area contributed by atoms with E-state index in [1.165, 1.54) is 4.90 Å². The molecule has 20 heavy (non-hydrogen) atoms. The summed E-state index contributed by atoms with van der Waals surface area (Å²) in [6, 6.07) is -1.48. The van der Waals surface area contributed by atoms with E-state index in [2.05, 4.69) is 5.32 Å². The van der Waals surface area contributed by atoms with E-state index in [-0.39, 0.29) is 11.8 Å². The van der Waals surface area contributed by atoms with E-state index in [0.717, 1.165) is 12.8 Å². The quantitative estimate of drug-likeness (QED) is 0.809. The molecule has 1 heterocycles. The first-order valence-electron chi connectivity index (χ1n) is 6.99. The summed E-state index contributed by atoms with van der Waals surface area (Å²) in [5.74, 6) is -1.52. The Kier molecular flexibility index (Phi) is 5.14. The van der Waals surface area contributed by atoms with Crippen molar-refractivity contribution in [2.75, 3.05) is 6.54 Å². The van der Waals surface area contributed by atoms with E-state index in [1.807, 2.05) is 0 Å². The Bertz CT molecular complexity index is 400. The molecule has 0 saturated carbocycles. The monoisotopic (exact) mass is 284 g/mol. The molecule has 0 spiro atoms. The van der Waals surface area contributed by atoms with Crippen molar-refractivity contribution in [2.24, 2.45) is 5.41 Å². The van der Waals surface area contributed by atoms with E-state index < -0.39 is 23.5 Å². The van der Waals surface area contributed by atoms with Crippen LogP contribution in [0.4, 0.5) is 0 Å². The first-order chi connectivity index (χ1) is 9.14. The zero-order valence-corrected chi connectivity index (χ0v) is 12.6. The fraction of sp³-hybridized carbons (Fsp3) is 0.786. The molecule has 1 rings (SSSR count). The van der Waals surface area contributed by atoms with Gasteiger partial charge in [0.15, 0.2) is 0 Å². The number of hydrogen-bond acceptors (Lipinski definition) is 3. The Morgan fingerprint density at radius 3 is 2.35 bits per heavy atom. The first-order valence-corrected chi connectivity index (χ1v) is 6.99. The summed E-state index contributed by atoms with van der Waals surface area (Å²) in [5.41, 5.74) is -0.581. The van der Waals surface area contributed by atoms with Gasteiger partial charge in [0.2, 0.25) is 11.8 Å². The van der Waals surface area contributed by atoms with Gasteiger partial charge in [0.1, 0.15) is 12.1 Å². The smallest absolute Gasteiger partial charge is 0.326 e. The number of carbonyl (C=O) groups is 3. The summed E-state index contributed by atoms with van der Waals surface area (Å²) in [5, 5.41) is 11.8. The van der Waals surface area contributed by atoms with E-state index in [1.54, 1.807) is 27.7 Å². The number of likely N-dealkylation sites (tertiary alicyclic amines) is 1. The highest BCUT2D eigenvalue weighted by molar-refractivity contribution is 5.91. The molecular weight excluding hydrogens is 260 g/mol. The Labute approximate surface area is 119 Å². The van der Waals surface area contributed by atoms with E-state index in [4.69, 9.17) is 5.11 Å². The van der Waals surface area contributed by atoms with Crippen LogP contribution >= 0.6 is 0 Å². The van der Waals surface area contributed by atoms with E-state index in [9.17, 15) is 14.4 Å². The Hall–Kier alpha value is -1.59. The molecule has 2 amide bonds. The van der Waals surface area contributed by atoms with Gasteiger partial charge in [-0.15, -0.1) is 0 Å². The van der Waals surface area contributed by atoms with Gasteiger partial charge in [-0.3, -0.25) is 9.59 Å². The molecule has 0 radical (unpaired) electrons. The molecule has 0 aromatic rings. The van der Waals surface area contributed by atoms with Gasteiger partial charge >= 0.3 is 5.97 Å². The fourth-order valence-corrected chi connectivity index (χ4v) is 2.18. The van der Waals surface area contributed by atoms with Gasteiger partial charge in [-0.2, -0.15) is 0 Å². The average molecular weight is 284 g/mol. The molecular formula is C14H24N2O4. The lowest BCUT2D eigenvalue weighted by Crippen LogP contribution is -2.55. The number of hydrogen-bond donors (Lipinski definition) is 2. The lowest BCUT2D eigenvalue weighted by atomic mass is 9.95.